The second kappa shape index (κ2) is 8.80. The number of halogens is 2. The van der Waals surface area contributed by atoms with E-state index in [9.17, 15) is 8.42 Å². The Morgan fingerprint density at radius 1 is 1.12 bits per heavy atom. The predicted octanol–water partition coefficient (Wildman–Crippen LogP) is 4.52. The van der Waals surface area contributed by atoms with Gasteiger partial charge in [-0.15, -0.1) is 0 Å². The molecule has 4 atom stereocenters. The number of hydrogen-bond acceptors (Lipinski definition) is 5. The van der Waals surface area contributed by atoms with Crippen LogP contribution in [-0.2, 0) is 16.3 Å². The van der Waals surface area contributed by atoms with E-state index in [0.29, 0.717) is 27.9 Å². The minimum atomic E-state index is -3.25. The van der Waals surface area contributed by atoms with Crippen LogP contribution in [0.15, 0.2) is 41.3 Å². The summed E-state index contributed by atoms with van der Waals surface area (Å²) < 4.78 is 30.2. The molecule has 2 saturated heterocycles. The molecule has 0 radical (unpaired) electrons. The van der Waals surface area contributed by atoms with Gasteiger partial charge >= 0.3 is 0 Å². The van der Waals surface area contributed by atoms with Crippen molar-refractivity contribution in [2.24, 2.45) is 5.92 Å². The summed E-state index contributed by atoms with van der Waals surface area (Å²) in [5.74, 6) is 0.919. The van der Waals surface area contributed by atoms with Crippen LogP contribution in [0.1, 0.15) is 36.5 Å². The summed E-state index contributed by atoms with van der Waals surface area (Å²) in [4.78, 5) is 2.96. The average molecular weight is 495 g/mol. The predicted molar refractivity (Wildman–Crippen MR) is 128 cm³/mol. The first-order valence-electron chi connectivity index (χ1n) is 11.2. The highest BCUT2D eigenvalue weighted by molar-refractivity contribution is 7.90. The van der Waals surface area contributed by atoms with Crippen LogP contribution in [0.3, 0.4) is 0 Å². The average Bonchev–Trinajstić information content (AvgIpc) is 3.47. The van der Waals surface area contributed by atoms with Gasteiger partial charge in [0.1, 0.15) is 11.9 Å². The summed E-state index contributed by atoms with van der Waals surface area (Å²) >= 11 is 13.0. The molecule has 5 nitrogen and oxygen atoms in total. The van der Waals surface area contributed by atoms with Crippen LogP contribution in [0.5, 0.6) is 5.75 Å². The van der Waals surface area contributed by atoms with Crippen molar-refractivity contribution in [1.82, 2.24) is 10.2 Å². The molecule has 2 heterocycles. The van der Waals surface area contributed by atoms with Gasteiger partial charge in [-0.25, -0.2) is 8.42 Å². The lowest BCUT2D eigenvalue weighted by atomic mass is 9.91. The highest BCUT2D eigenvalue weighted by Crippen LogP contribution is 2.48. The molecule has 2 unspecified atom stereocenters. The van der Waals surface area contributed by atoms with Gasteiger partial charge in [-0.05, 0) is 86.3 Å². The fourth-order valence-corrected chi connectivity index (χ4v) is 6.93. The molecule has 2 aliphatic heterocycles. The number of hydrogen-bond donors (Lipinski definition) is 1. The van der Waals surface area contributed by atoms with Crippen molar-refractivity contribution in [2.75, 3.05) is 25.9 Å². The van der Waals surface area contributed by atoms with E-state index >= 15 is 0 Å². The van der Waals surface area contributed by atoms with Crippen molar-refractivity contribution in [1.29, 1.82) is 0 Å². The standard InChI is InChI=1S/C24H28Cl2N2O3S/c1-32(29,30)18-6-4-17(5-7-18)31-24-20-11-15(25)12-22(26)19(20)13-21(24)23-3-2-10-28(23)16-8-9-27-14-16/h4-7,11-12,16,21,23-24,27H,2-3,8-10,13-14H2,1H3/t16?,21-,23?,24+/m0/s1. The lowest BCUT2D eigenvalue weighted by molar-refractivity contribution is 0.0651. The van der Waals surface area contributed by atoms with E-state index in [1.54, 1.807) is 24.3 Å². The molecule has 0 bridgehead atoms. The summed E-state index contributed by atoms with van der Waals surface area (Å²) in [6.07, 6.45) is 5.42. The lowest BCUT2D eigenvalue weighted by Gasteiger charge is -2.36. The maximum Gasteiger partial charge on any atom is 0.175 e. The SMILES string of the molecule is CS(=O)(=O)c1ccc(O[C@@H]2c3cc(Cl)cc(Cl)c3C[C@H]2C2CCCN2C2CCNC2)cc1. The van der Waals surface area contributed by atoms with E-state index in [4.69, 9.17) is 27.9 Å². The summed E-state index contributed by atoms with van der Waals surface area (Å²) in [7, 11) is -3.25. The topological polar surface area (TPSA) is 58.6 Å². The Kier molecular flexibility index (Phi) is 6.18. The van der Waals surface area contributed by atoms with Gasteiger partial charge in [0.25, 0.3) is 0 Å². The van der Waals surface area contributed by atoms with Crippen molar-refractivity contribution in [3.8, 4) is 5.75 Å². The fourth-order valence-electron chi connectivity index (χ4n) is 5.72. The Bertz CT molecular complexity index is 1100. The van der Waals surface area contributed by atoms with Gasteiger partial charge in [0.15, 0.2) is 9.84 Å². The number of benzene rings is 2. The van der Waals surface area contributed by atoms with Crippen LogP contribution in [0.4, 0.5) is 0 Å². The molecule has 1 N–H and O–H groups in total. The van der Waals surface area contributed by atoms with Crippen LogP contribution < -0.4 is 10.1 Å². The molecule has 1 aliphatic carbocycles. The molecule has 32 heavy (non-hydrogen) atoms. The molecule has 0 aromatic heterocycles. The van der Waals surface area contributed by atoms with Gasteiger partial charge in [-0.1, -0.05) is 23.2 Å². The molecule has 172 valence electrons. The van der Waals surface area contributed by atoms with Crippen LogP contribution in [-0.4, -0.2) is 51.3 Å². The zero-order chi connectivity index (χ0) is 22.5. The van der Waals surface area contributed by atoms with Gasteiger partial charge in [-0.3, -0.25) is 4.90 Å². The van der Waals surface area contributed by atoms with E-state index in [1.807, 2.05) is 12.1 Å². The lowest BCUT2D eigenvalue weighted by Crippen LogP contribution is -2.45. The number of sulfone groups is 1. The van der Waals surface area contributed by atoms with Crippen molar-refractivity contribution >= 4 is 33.0 Å². The Morgan fingerprint density at radius 2 is 1.91 bits per heavy atom. The summed E-state index contributed by atoms with van der Waals surface area (Å²) in [5.41, 5.74) is 2.17. The molecule has 2 aromatic rings. The smallest absolute Gasteiger partial charge is 0.175 e. The summed E-state index contributed by atoms with van der Waals surface area (Å²) in [5, 5.41) is 4.81. The van der Waals surface area contributed by atoms with Gasteiger partial charge in [0.05, 0.1) is 4.90 Å². The minimum Gasteiger partial charge on any atom is -0.485 e. The molecule has 0 saturated carbocycles. The third-order valence-electron chi connectivity index (χ3n) is 7.18. The van der Waals surface area contributed by atoms with E-state index in [0.717, 1.165) is 43.6 Å². The van der Waals surface area contributed by atoms with E-state index in [-0.39, 0.29) is 16.9 Å². The summed E-state index contributed by atoms with van der Waals surface area (Å²) in [6, 6.07) is 11.5. The van der Waals surface area contributed by atoms with E-state index in [1.165, 1.54) is 19.1 Å². The molecule has 5 rings (SSSR count). The second-order valence-corrected chi connectivity index (χ2v) is 12.1. The normalized spacial score (nSPS) is 28.2. The number of rotatable bonds is 5. The van der Waals surface area contributed by atoms with Gasteiger partial charge in [-0.2, -0.15) is 0 Å². The Labute approximate surface area is 200 Å². The molecule has 0 spiro atoms. The number of likely N-dealkylation sites (tertiary alicyclic amines) is 1. The first kappa shape index (κ1) is 22.5. The molecule has 8 heteroatoms. The quantitative estimate of drug-likeness (QED) is 0.662. The first-order chi connectivity index (χ1) is 15.3. The zero-order valence-electron chi connectivity index (χ0n) is 18.1. The first-order valence-corrected chi connectivity index (χ1v) is 13.9. The van der Waals surface area contributed by atoms with Crippen LogP contribution >= 0.6 is 23.2 Å². The van der Waals surface area contributed by atoms with Crippen LogP contribution in [0.25, 0.3) is 0 Å². The van der Waals surface area contributed by atoms with Crippen LogP contribution in [0.2, 0.25) is 10.0 Å². The monoisotopic (exact) mass is 494 g/mol. The fraction of sp³-hybridized carbons (Fsp3) is 0.500. The molecule has 3 aliphatic rings. The zero-order valence-corrected chi connectivity index (χ0v) is 20.4. The van der Waals surface area contributed by atoms with Gasteiger partial charge < -0.3 is 10.1 Å². The number of fused-ring (bicyclic) bond motifs is 1. The third-order valence-corrected chi connectivity index (χ3v) is 8.87. The molecule has 2 fully saturated rings. The van der Waals surface area contributed by atoms with Crippen molar-refractivity contribution in [3.63, 3.8) is 0 Å². The van der Waals surface area contributed by atoms with Gasteiger partial charge in [0.2, 0.25) is 0 Å². The Hall–Kier alpha value is -1.31. The van der Waals surface area contributed by atoms with Crippen molar-refractivity contribution in [3.05, 3.63) is 57.6 Å². The molecular weight excluding hydrogens is 467 g/mol. The highest BCUT2D eigenvalue weighted by atomic mass is 35.5. The number of ether oxygens (including phenoxy) is 1. The largest absolute Gasteiger partial charge is 0.485 e. The maximum atomic E-state index is 11.8. The molecular formula is C24H28Cl2N2O3S. The molecule has 0 amide bonds. The van der Waals surface area contributed by atoms with E-state index < -0.39 is 9.84 Å². The highest BCUT2D eigenvalue weighted by Gasteiger charge is 2.45. The van der Waals surface area contributed by atoms with Gasteiger partial charge in [0, 0.05) is 40.8 Å². The number of nitrogens with zero attached hydrogens (tertiary/aromatic N) is 1. The van der Waals surface area contributed by atoms with Crippen molar-refractivity contribution in [2.45, 2.75) is 48.8 Å². The minimum absolute atomic E-state index is 0.176. The maximum absolute atomic E-state index is 11.8. The van der Waals surface area contributed by atoms with Crippen LogP contribution in [0, 0.1) is 5.92 Å². The Morgan fingerprint density at radius 3 is 2.59 bits per heavy atom. The second-order valence-electron chi connectivity index (χ2n) is 9.20. The van der Waals surface area contributed by atoms with Crippen molar-refractivity contribution < 1.29 is 13.2 Å². The van der Waals surface area contributed by atoms with E-state index in [2.05, 4.69) is 10.2 Å². The Balaban J connectivity index is 1.48. The third kappa shape index (κ3) is 4.28. The number of nitrogens with one attached hydrogen (secondary N) is 1. The summed E-state index contributed by atoms with van der Waals surface area (Å²) in [6.45, 7) is 3.24. The molecule has 2 aromatic carbocycles.